The van der Waals surface area contributed by atoms with E-state index < -0.39 is 0 Å². The molecule has 0 aliphatic carbocycles. The van der Waals surface area contributed by atoms with Crippen molar-refractivity contribution in [2.75, 3.05) is 24.3 Å². The lowest BCUT2D eigenvalue weighted by Crippen LogP contribution is -2.27. The zero-order valence-electron chi connectivity index (χ0n) is 22.6. The Bertz CT molecular complexity index is 1330. The zero-order valence-corrected chi connectivity index (χ0v) is 24.9. The fourth-order valence-electron chi connectivity index (χ4n) is 4.21. The average molecular weight is 559 g/mol. The van der Waals surface area contributed by atoms with Gasteiger partial charge in [-0.15, -0.1) is 0 Å². The minimum absolute atomic E-state index is 0.177. The van der Waals surface area contributed by atoms with Crippen molar-refractivity contribution in [3.63, 3.8) is 0 Å². The second-order valence-corrected chi connectivity index (χ2v) is 11.4. The number of halogens is 3. The molecule has 0 saturated heterocycles. The van der Waals surface area contributed by atoms with Crippen LogP contribution in [0.5, 0.6) is 0 Å². The maximum Gasteiger partial charge on any atom is 0.274 e. The SMILES string of the molecule is Cc1cc(C(C)C)c(C(=Nc2ccc(N(C)C)cc2C)C(=O)Nc2cc(Cl)c(Cl)cc2Cl)c(C(C)C)c1. The number of hydrogen-bond acceptors (Lipinski definition) is 3. The Morgan fingerprint density at radius 3 is 1.92 bits per heavy atom. The smallest absolute Gasteiger partial charge is 0.274 e. The molecule has 196 valence electrons. The number of amides is 1. The summed E-state index contributed by atoms with van der Waals surface area (Å²) in [7, 11) is 3.99. The highest BCUT2D eigenvalue weighted by atomic mass is 35.5. The van der Waals surface area contributed by atoms with Gasteiger partial charge in [-0.25, -0.2) is 4.99 Å². The number of carbonyl (C=O) groups excluding carboxylic acids is 1. The van der Waals surface area contributed by atoms with Crippen LogP contribution in [0.3, 0.4) is 0 Å². The van der Waals surface area contributed by atoms with E-state index in [1.165, 1.54) is 6.07 Å². The third-order valence-electron chi connectivity index (χ3n) is 6.23. The van der Waals surface area contributed by atoms with Crippen LogP contribution in [0, 0.1) is 13.8 Å². The van der Waals surface area contributed by atoms with E-state index in [0.717, 1.165) is 39.2 Å². The number of aryl methyl sites for hydroxylation is 2. The summed E-state index contributed by atoms with van der Waals surface area (Å²) in [6.45, 7) is 12.6. The van der Waals surface area contributed by atoms with Crippen molar-refractivity contribution in [1.82, 2.24) is 0 Å². The van der Waals surface area contributed by atoms with E-state index in [1.54, 1.807) is 6.07 Å². The van der Waals surface area contributed by atoms with Crippen LogP contribution in [0.25, 0.3) is 0 Å². The Morgan fingerprint density at radius 1 is 0.838 bits per heavy atom. The third kappa shape index (κ3) is 6.67. The first-order valence-corrected chi connectivity index (χ1v) is 13.4. The Balaban J connectivity index is 2.29. The van der Waals surface area contributed by atoms with Crippen LogP contribution >= 0.6 is 34.8 Å². The zero-order chi connectivity index (χ0) is 27.6. The molecule has 4 nitrogen and oxygen atoms in total. The van der Waals surface area contributed by atoms with Crippen molar-refractivity contribution in [2.45, 2.75) is 53.4 Å². The molecule has 0 aromatic heterocycles. The van der Waals surface area contributed by atoms with Crippen molar-refractivity contribution in [3.05, 3.63) is 85.3 Å². The monoisotopic (exact) mass is 557 g/mol. The Morgan fingerprint density at radius 2 is 1.41 bits per heavy atom. The van der Waals surface area contributed by atoms with Crippen molar-refractivity contribution >= 4 is 63.5 Å². The molecule has 7 heteroatoms. The van der Waals surface area contributed by atoms with Crippen LogP contribution in [0.1, 0.15) is 67.3 Å². The highest BCUT2D eigenvalue weighted by Crippen LogP contribution is 2.35. The van der Waals surface area contributed by atoms with Crippen LogP contribution < -0.4 is 10.2 Å². The van der Waals surface area contributed by atoms with Gasteiger partial charge in [0.2, 0.25) is 0 Å². The van der Waals surface area contributed by atoms with Crippen LogP contribution in [-0.4, -0.2) is 25.7 Å². The van der Waals surface area contributed by atoms with Gasteiger partial charge in [0.05, 0.1) is 26.4 Å². The van der Waals surface area contributed by atoms with Gasteiger partial charge in [0, 0.05) is 25.3 Å². The summed E-state index contributed by atoms with van der Waals surface area (Å²) in [5.74, 6) is -0.0172. The van der Waals surface area contributed by atoms with Crippen molar-refractivity contribution in [2.24, 2.45) is 4.99 Å². The lowest BCUT2D eigenvalue weighted by molar-refractivity contribution is -0.110. The number of anilines is 2. The first-order valence-electron chi connectivity index (χ1n) is 12.3. The Kier molecular flexibility index (Phi) is 9.33. The summed E-state index contributed by atoms with van der Waals surface area (Å²) in [4.78, 5) is 21.0. The van der Waals surface area contributed by atoms with Gasteiger partial charge in [0.15, 0.2) is 0 Å². The minimum Gasteiger partial charge on any atom is -0.378 e. The van der Waals surface area contributed by atoms with Gasteiger partial charge in [-0.2, -0.15) is 0 Å². The van der Waals surface area contributed by atoms with Crippen LogP contribution in [0.2, 0.25) is 15.1 Å². The van der Waals surface area contributed by atoms with Gasteiger partial charge in [0.1, 0.15) is 5.71 Å². The molecule has 3 aromatic carbocycles. The average Bonchev–Trinajstić information content (AvgIpc) is 2.81. The summed E-state index contributed by atoms with van der Waals surface area (Å²) < 4.78 is 0. The molecule has 3 aromatic rings. The number of rotatable bonds is 7. The third-order valence-corrected chi connectivity index (χ3v) is 7.26. The van der Waals surface area contributed by atoms with Crippen LogP contribution in [0.4, 0.5) is 17.1 Å². The fourth-order valence-corrected chi connectivity index (χ4v) is 4.81. The predicted octanol–water partition coefficient (Wildman–Crippen LogP) is 9.34. The first-order chi connectivity index (χ1) is 17.3. The van der Waals surface area contributed by atoms with Crippen LogP contribution in [-0.2, 0) is 4.79 Å². The maximum atomic E-state index is 14.0. The first kappa shape index (κ1) is 29.0. The summed E-state index contributed by atoms with van der Waals surface area (Å²) in [6, 6.07) is 13.4. The lowest BCUT2D eigenvalue weighted by Gasteiger charge is -2.22. The molecule has 0 heterocycles. The molecule has 1 amide bonds. The van der Waals surface area contributed by atoms with E-state index in [0.29, 0.717) is 26.5 Å². The van der Waals surface area contributed by atoms with Crippen molar-refractivity contribution < 1.29 is 4.79 Å². The molecule has 0 saturated carbocycles. The van der Waals surface area contributed by atoms with E-state index >= 15 is 0 Å². The molecule has 0 bridgehead atoms. The van der Waals surface area contributed by atoms with Crippen molar-refractivity contribution in [1.29, 1.82) is 0 Å². The van der Waals surface area contributed by atoms with Crippen molar-refractivity contribution in [3.8, 4) is 0 Å². The largest absolute Gasteiger partial charge is 0.378 e. The number of nitrogens with one attached hydrogen (secondary N) is 1. The Labute approximate surface area is 235 Å². The van der Waals surface area contributed by atoms with E-state index in [1.807, 2.05) is 38.1 Å². The van der Waals surface area contributed by atoms with Gasteiger partial charge in [-0.05, 0) is 72.7 Å². The summed E-state index contributed by atoms with van der Waals surface area (Å²) >= 11 is 18.8. The molecule has 37 heavy (non-hydrogen) atoms. The summed E-state index contributed by atoms with van der Waals surface area (Å²) in [5.41, 5.74) is 7.59. The highest BCUT2D eigenvalue weighted by molar-refractivity contribution is 6.51. The molecular weight excluding hydrogens is 525 g/mol. The fraction of sp³-hybridized carbons (Fsp3) is 0.333. The topological polar surface area (TPSA) is 44.7 Å². The standard InChI is InChI=1S/C30H34Cl3N3O/c1-16(2)21-11-18(5)12-22(17(3)4)28(21)29(34-26-10-9-20(36(7)8)13-19(26)6)30(37)35-27-15-24(32)23(31)14-25(27)33/h9-17H,1-8H3,(H,35,37). The highest BCUT2D eigenvalue weighted by Gasteiger charge is 2.25. The summed E-state index contributed by atoms with van der Waals surface area (Å²) in [5, 5.41) is 3.86. The summed E-state index contributed by atoms with van der Waals surface area (Å²) in [6.07, 6.45) is 0. The van der Waals surface area contributed by atoms with Gasteiger partial charge >= 0.3 is 0 Å². The number of hydrogen-bond donors (Lipinski definition) is 1. The van der Waals surface area contributed by atoms with E-state index in [-0.39, 0.29) is 17.7 Å². The van der Waals surface area contributed by atoms with Gasteiger partial charge in [-0.1, -0.05) is 80.2 Å². The second-order valence-electron chi connectivity index (χ2n) is 10.2. The molecule has 0 unspecified atom stereocenters. The quantitative estimate of drug-likeness (QED) is 0.232. The molecule has 3 rings (SSSR count). The predicted molar refractivity (Wildman–Crippen MR) is 161 cm³/mol. The normalized spacial score (nSPS) is 11.9. The molecule has 0 spiro atoms. The number of benzene rings is 3. The van der Waals surface area contributed by atoms with Gasteiger partial charge < -0.3 is 10.2 Å². The second kappa shape index (κ2) is 11.9. The molecule has 0 fully saturated rings. The molecule has 0 radical (unpaired) electrons. The van der Waals surface area contributed by atoms with E-state index in [2.05, 4.69) is 58.1 Å². The number of aliphatic imine (C=N–C) groups is 1. The minimum atomic E-state index is -0.371. The molecule has 0 atom stereocenters. The molecule has 0 aliphatic heterocycles. The number of nitrogens with zero attached hydrogens (tertiary/aromatic N) is 2. The number of carbonyl (C=O) groups is 1. The Hall–Kier alpha value is -2.53. The van der Waals surface area contributed by atoms with E-state index in [9.17, 15) is 4.79 Å². The van der Waals surface area contributed by atoms with Gasteiger partial charge in [-0.3, -0.25) is 4.79 Å². The molecule has 1 N–H and O–H groups in total. The lowest BCUT2D eigenvalue weighted by atomic mass is 9.84. The van der Waals surface area contributed by atoms with Crippen LogP contribution in [0.15, 0.2) is 47.5 Å². The van der Waals surface area contributed by atoms with Gasteiger partial charge in [0.25, 0.3) is 5.91 Å². The maximum absolute atomic E-state index is 14.0. The van der Waals surface area contributed by atoms with E-state index in [4.69, 9.17) is 39.8 Å². The molecular formula is C30H34Cl3N3O. The molecule has 0 aliphatic rings.